The van der Waals surface area contributed by atoms with Crippen molar-refractivity contribution < 1.29 is 49.0 Å². The number of aliphatic hydroxyl groups is 4. The Morgan fingerprint density at radius 2 is 0.908 bits per heavy atom. The van der Waals surface area contributed by atoms with Gasteiger partial charge in [-0.15, -0.1) is 0 Å². The van der Waals surface area contributed by atoms with Gasteiger partial charge < -0.3 is 39.4 Å². The number of rotatable bonds is 44. The lowest BCUT2D eigenvalue weighted by Crippen LogP contribution is -2.59. The Morgan fingerprint density at radius 1 is 0.492 bits per heavy atom. The fourth-order valence-electron chi connectivity index (χ4n) is 7.76. The Hall–Kier alpha value is -2.60. The van der Waals surface area contributed by atoms with Gasteiger partial charge in [0.15, 0.2) is 12.4 Å². The zero-order valence-corrected chi connectivity index (χ0v) is 41.2. The first kappa shape index (κ1) is 60.4. The van der Waals surface area contributed by atoms with Gasteiger partial charge >= 0.3 is 11.9 Å². The summed E-state index contributed by atoms with van der Waals surface area (Å²) >= 11 is 0. The number of carbonyl (C=O) groups is 2. The molecular formula is C55H96O10. The number of aliphatic hydroxyl groups excluding tert-OH is 4. The second-order valence-electron chi connectivity index (χ2n) is 17.9. The molecule has 0 radical (unpaired) electrons. The lowest BCUT2D eigenvalue weighted by Gasteiger charge is -2.39. The maximum atomic E-state index is 12.8. The summed E-state index contributed by atoms with van der Waals surface area (Å²) in [5.74, 6) is -0.822. The Bertz CT molecular complexity index is 1240. The first-order valence-electron chi connectivity index (χ1n) is 26.4. The standard InChI is InChI=1S/C55H96O10/c1-3-5-7-9-11-13-15-17-19-21-23-24-26-27-29-31-33-35-37-39-41-43-50(57)62-46-48(47-63-55-54(61)53(60)52(59)49(45-56)65-55)64-51(58)44-42-40-38-36-34-32-30-28-25-22-20-18-16-14-12-10-8-6-4-2/h6,8,12,14,18,20-21,23,25,28,48-49,52-56,59-61H,3-5,7,9-11,13,15-17,19,22,24,26-27,29-47H2,1-2H3/b8-6-,14-12-,20-18-,23-21-,28-25-. The number of allylic oxidation sites excluding steroid dienone is 10. The molecule has 1 aliphatic rings. The fourth-order valence-corrected chi connectivity index (χ4v) is 7.76. The molecule has 1 saturated heterocycles. The van der Waals surface area contributed by atoms with Crippen molar-refractivity contribution in [3.8, 4) is 0 Å². The molecule has 0 aromatic rings. The SMILES string of the molecule is CC/C=C\C/C=C\C/C=C\C/C=C\CCCCCCCCC(=O)OC(COC(=O)CCCCCCCCCCC/C=C\CCCCCCCCCC)COC1OC(CO)C(O)C(O)C1O. The number of esters is 2. The molecule has 0 bridgehead atoms. The van der Waals surface area contributed by atoms with Crippen molar-refractivity contribution in [1.29, 1.82) is 0 Å². The largest absolute Gasteiger partial charge is 0.462 e. The van der Waals surface area contributed by atoms with E-state index < -0.39 is 49.4 Å². The summed E-state index contributed by atoms with van der Waals surface area (Å²) in [5, 5.41) is 40.2. The van der Waals surface area contributed by atoms with E-state index in [4.69, 9.17) is 18.9 Å². The summed E-state index contributed by atoms with van der Waals surface area (Å²) in [6, 6.07) is 0. The van der Waals surface area contributed by atoms with Crippen LogP contribution in [0.15, 0.2) is 60.8 Å². The zero-order chi connectivity index (χ0) is 47.3. The molecule has 10 nitrogen and oxygen atoms in total. The Balaban J connectivity index is 2.26. The van der Waals surface area contributed by atoms with Crippen LogP contribution in [0.1, 0.15) is 219 Å². The Morgan fingerprint density at radius 3 is 1.38 bits per heavy atom. The lowest BCUT2D eigenvalue weighted by molar-refractivity contribution is -0.305. The van der Waals surface area contributed by atoms with E-state index in [0.29, 0.717) is 6.42 Å². The van der Waals surface area contributed by atoms with Crippen LogP contribution in [0.3, 0.4) is 0 Å². The molecule has 376 valence electrons. The van der Waals surface area contributed by atoms with Crippen LogP contribution in [0, 0.1) is 0 Å². The Kier molecular flexibility index (Phi) is 42.0. The van der Waals surface area contributed by atoms with Crippen LogP contribution in [0.4, 0.5) is 0 Å². The van der Waals surface area contributed by atoms with Crippen molar-refractivity contribution >= 4 is 11.9 Å². The number of hydrogen-bond acceptors (Lipinski definition) is 10. The van der Waals surface area contributed by atoms with Gasteiger partial charge in [-0.1, -0.05) is 190 Å². The minimum Gasteiger partial charge on any atom is -0.462 e. The van der Waals surface area contributed by atoms with Crippen LogP contribution < -0.4 is 0 Å². The first-order valence-corrected chi connectivity index (χ1v) is 26.4. The number of carbonyl (C=O) groups excluding carboxylic acids is 2. The predicted molar refractivity (Wildman–Crippen MR) is 265 cm³/mol. The third-order valence-electron chi connectivity index (χ3n) is 11.9. The summed E-state index contributed by atoms with van der Waals surface area (Å²) in [6.07, 6.45) is 49.4. The van der Waals surface area contributed by atoms with Gasteiger partial charge in [-0.2, -0.15) is 0 Å². The van der Waals surface area contributed by atoms with Crippen LogP contribution in [-0.4, -0.2) is 89.0 Å². The van der Waals surface area contributed by atoms with Gasteiger partial charge in [0.1, 0.15) is 31.0 Å². The maximum Gasteiger partial charge on any atom is 0.306 e. The van der Waals surface area contributed by atoms with E-state index in [1.807, 2.05) is 0 Å². The number of unbranched alkanes of at least 4 members (excludes halogenated alkanes) is 23. The molecule has 0 aliphatic carbocycles. The van der Waals surface area contributed by atoms with Gasteiger partial charge in [-0.25, -0.2) is 0 Å². The van der Waals surface area contributed by atoms with Crippen molar-refractivity contribution in [2.75, 3.05) is 19.8 Å². The fraction of sp³-hybridized carbons (Fsp3) is 0.782. The smallest absolute Gasteiger partial charge is 0.306 e. The molecule has 0 spiro atoms. The molecule has 1 heterocycles. The van der Waals surface area contributed by atoms with Gasteiger partial charge in [0.25, 0.3) is 0 Å². The van der Waals surface area contributed by atoms with Gasteiger partial charge in [-0.3, -0.25) is 9.59 Å². The molecule has 0 amide bonds. The second kappa shape index (κ2) is 45.2. The molecule has 1 aliphatic heterocycles. The highest BCUT2D eigenvalue weighted by atomic mass is 16.7. The lowest BCUT2D eigenvalue weighted by atomic mass is 9.99. The van der Waals surface area contributed by atoms with Gasteiger partial charge in [-0.05, 0) is 77.0 Å². The summed E-state index contributed by atoms with van der Waals surface area (Å²) in [4.78, 5) is 25.5. The normalized spacial score (nSPS) is 19.8. The predicted octanol–water partition coefficient (Wildman–Crippen LogP) is 12.6. The van der Waals surface area contributed by atoms with E-state index in [9.17, 15) is 30.0 Å². The van der Waals surface area contributed by atoms with Crippen LogP contribution >= 0.6 is 0 Å². The van der Waals surface area contributed by atoms with Crippen LogP contribution in [0.2, 0.25) is 0 Å². The maximum absolute atomic E-state index is 12.8. The molecule has 0 aromatic heterocycles. The summed E-state index contributed by atoms with van der Waals surface area (Å²) in [6.45, 7) is 3.31. The minimum atomic E-state index is -1.60. The molecule has 65 heavy (non-hydrogen) atoms. The van der Waals surface area contributed by atoms with Crippen molar-refractivity contribution in [2.24, 2.45) is 0 Å². The molecule has 0 saturated carbocycles. The average molecular weight is 917 g/mol. The van der Waals surface area contributed by atoms with Gasteiger partial charge in [0.2, 0.25) is 0 Å². The summed E-state index contributed by atoms with van der Waals surface area (Å²) in [7, 11) is 0. The van der Waals surface area contributed by atoms with E-state index in [0.717, 1.165) is 89.9 Å². The molecule has 10 heteroatoms. The third kappa shape index (κ3) is 36.2. The van der Waals surface area contributed by atoms with Crippen molar-refractivity contribution in [1.82, 2.24) is 0 Å². The van der Waals surface area contributed by atoms with E-state index in [1.165, 1.54) is 96.3 Å². The summed E-state index contributed by atoms with van der Waals surface area (Å²) < 4.78 is 22.2. The average Bonchev–Trinajstić information content (AvgIpc) is 3.30. The highest BCUT2D eigenvalue weighted by Gasteiger charge is 2.44. The van der Waals surface area contributed by atoms with Crippen LogP contribution in [0.25, 0.3) is 0 Å². The van der Waals surface area contributed by atoms with E-state index >= 15 is 0 Å². The molecular weight excluding hydrogens is 821 g/mol. The quantitative estimate of drug-likeness (QED) is 0.0264. The zero-order valence-electron chi connectivity index (χ0n) is 41.2. The summed E-state index contributed by atoms with van der Waals surface area (Å²) in [5.41, 5.74) is 0. The molecule has 6 atom stereocenters. The minimum absolute atomic E-state index is 0.212. The van der Waals surface area contributed by atoms with E-state index in [1.54, 1.807) is 0 Å². The number of ether oxygens (including phenoxy) is 4. The van der Waals surface area contributed by atoms with E-state index in [2.05, 4.69) is 74.6 Å². The van der Waals surface area contributed by atoms with Crippen molar-refractivity contribution in [2.45, 2.75) is 256 Å². The van der Waals surface area contributed by atoms with Crippen LogP contribution in [0.5, 0.6) is 0 Å². The Labute approximate surface area is 396 Å². The highest BCUT2D eigenvalue weighted by Crippen LogP contribution is 2.23. The molecule has 6 unspecified atom stereocenters. The second-order valence-corrected chi connectivity index (χ2v) is 17.9. The molecule has 0 aromatic carbocycles. The van der Waals surface area contributed by atoms with Gasteiger partial charge in [0, 0.05) is 12.8 Å². The highest BCUT2D eigenvalue weighted by molar-refractivity contribution is 5.70. The van der Waals surface area contributed by atoms with Crippen LogP contribution in [-0.2, 0) is 28.5 Å². The molecule has 1 rings (SSSR count). The third-order valence-corrected chi connectivity index (χ3v) is 11.9. The first-order chi connectivity index (χ1) is 31.8. The molecule has 1 fully saturated rings. The van der Waals surface area contributed by atoms with Crippen molar-refractivity contribution in [3.05, 3.63) is 60.8 Å². The van der Waals surface area contributed by atoms with Gasteiger partial charge in [0.05, 0.1) is 13.2 Å². The van der Waals surface area contributed by atoms with E-state index in [-0.39, 0.29) is 32.0 Å². The topological polar surface area (TPSA) is 152 Å². The monoisotopic (exact) mass is 917 g/mol. The number of hydrogen-bond donors (Lipinski definition) is 4. The molecule has 4 N–H and O–H groups in total. The van der Waals surface area contributed by atoms with Crippen molar-refractivity contribution in [3.63, 3.8) is 0 Å².